The molecule has 0 saturated carbocycles. The third-order valence-corrected chi connectivity index (χ3v) is 8.39. The van der Waals surface area contributed by atoms with Crippen LogP contribution in [-0.2, 0) is 9.53 Å². The van der Waals surface area contributed by atoms with Gasteiger partial charge in [0, 0.05) is 5.56 Å². The van der Waals surface area contributed by atoms with Crippen molar-refractivity contribution in [3.8, 4) is 17.6 Å². The summed E-state index contributed by atoms with van der Waals surface area (Å²) in [5.74, 6) is 0.342. The van der Waals surface area contributed by atoms with Crippen LogP contribution in [0.5, 0.6) is 11.5 Å². The van der Waals surface area contributed by atoms with E-state index in [1.54, 1.807) is 29.7 Å². The zero-order chi connectivity index (χ0) is 31.4. The fourth-order valence-electron chi connectivity index (χ4n) is 5.04. The van der Waals surface area contributed by atoms with Gasteiger partial charge in [-0.15, -0.1) is 0 Å². The van der Waals surface area contributed by atoms with Crippen molar-refractivity contribution in [3.05, 3.63) is 119 Å². The number of benzene rings is 3. The van der Waals surface area contributed by atoms with Crippen molar-refractivity contribution < 1.29 is 19.0 Å². The minimum atomic E-state index is -0.774. The lowest BCUT2D eigenvalue weighted by Gasteiger charge is -2.26. The van der Waals surface area contributed by atoms with E-state index in [1.807, 2.05) is 60.7 Å². The lowest BCUT2D eigenvalue weighted by molar-refractivity contribution is -0.138. The number of hydrogen-bond acceptors (Lipinski definition) is 8. The highest BCUT2D eigenvalue weighted by molar-refractivity contribution is 7.07. The van der Waals surface area contributed by atoms with E-state index in [-0.39, 0.29) is 35.1 Å². The first-order valence-electron chi connectivity index (χ1n) is 14.0. The van der Waals surface area contributed by atoms with Crippen molar-refractivity contribution in [2.45, 2.75) is 32.7 Å². The van der Waals surface area contributed by atoms with E-state index < -0.39 is 12.0 Å². The van der Waals surface area contributed by atoms with Crippen LogP contribution < -0.4 is 24.4 Å². The molecule has 224 valence electrons. The fraction of sp³-hybridized carbons (Fsp3) is 0.235. The van der Waals surface area contributed by atoms with Crippen molar-refractivity contribution in [3.63, 3.8) is 0 Å². The van der Waals surface area contributed by atoms with Gasteiger partial charge in [-0.3, -0.25) is 9.36 Å². The summed E-state index contributed by atoms with van der Waals surface area (Å²) < 4.78 is 18.4. The molecule has 0 fully saturated rings. The number of thiazole rings is 1. The van der Waals surface area contributed by atoms with Crippen LogP contribution in [0.15, 0.2) is 82.1 Å². The van der Waals surface area contributed by atoms with Crippen molar-refractivity contribution in [1.29, 1.82) is 5.26 Å². The fourth-order valence-corrected chi connectivity index (χ4v) is 6.31. The number of ether oxygens (including phenoxy) is 3. The summed E-state index contributed by atoms with van der Waals surface area (Å²) in [4.78, 5) is 33.2. The highest BCUT2D eigenvalue weighted by Gasteiger charge is 2.35. The van der Waals surface area contributed by atoms with E-state index in [2.05, 4.69) is 13.8 Å². The molecule has 5 rings (SSSR count). The predicted molar refractivity (Wildman–Crippen MR) is 171 cm³/mol. The second-order valence-corrected chi connectivity index (χ2v) is 11.7. The Balaban J connectivity index is 1.77. The molecule has 4 aromatic rings. The monoisotopic (exact) mass is 627 g/mol. The maximum atomic E-state index is 14.2. The van der Waals surface area contributed by atoms with Crippen molar-refractivity contribution in [2.75, 3.05) is 20.3 Å². The topological polar surface area (TPSA) is 103 Å². The van der Waals surface area contributed by atoms with Gasteiger partial charge in [0.05, 0.1) is 40.6 Å². The van der Waals surface area contributed by atoms with Crippen LogP contribution in [0.4, 0.5) is 0 Å². The van der Waals surface area contributed by atoms with Gasteiger partial charge in [-0.25, -0.2) is 9.79 Å². The van der Waals surface area contributed by atoms with Gasteiger partial charge in [0.1, 0.15) is 6.07 Å². The largest absolute Gasteiger partial charge is 0.493 e. The van der Waals surface area contributed by atoms with Gasteiger partial charge in [0.15, 0.2) is 22.9 Å². The predicted octanol–water partition coefficient (Wildman–Crippen LogP) is 5.62. The standard InChI is InChI=1S/C34H30ClN3O5S/c1-5-42-33(40)28-29(23-9-7-6-8-10-23)37-34-38(30(28)24-13-11-22(12-14-24)20(2)3)32(39)27(44-34)19-21-17-25(35)31(43-16-15-36)26(18-21)41-4/h6-14,17-20,30H,5,16H2,1-4H3/b27-19-/t30-/m0/s1. The number of methoxy groups -OCH3 is 1. The first kappa shape index (κ1) is 30.8. The van der Waals surface area contributed by atoms with Gasteiger partial charge in [0.2, 0.25) is 0 Å². The molecule has 8 nitrogen and oxygen atoms in total. The molecule has 2 heterocycles. The van der Waals surface area contributed by atoms with Crippen molar-refractivity contribution >= 4 is 40.7 Å². The molecular weight excluding hydrogens is 598 g/mol. The first-order valence-corrected chi connectivity index (χ1v) is 15.2. The Labute approximate surface area is 263 Å². The molecule has 0 radical (unpaired) electrons. The number of carbonyl (C=O) groups is 1. The molecule has 0 saturated heterocycles. The third-order valence-electron chi connectivity index (χ3n) is 7.12. The molecule has 0 N–H and O–H groups in total. The number of aromatic nitrogens is 1. The highest BCUT2D eigenvalue weighted by atomic mass is 35.5. The van der Waals surface area contributed by atoms with Gasteiger partial charge >= 0.3 is 5.97 Å². The maximum absolute atomic E-state index is 14.2. The van der Waals surface area contributed by atoms with Crippen LogP contribution in [0.25, 0.3) is 11.8 Å². The average Bonchev–Trinajstić information content (AvgIpc) is 3.34. The summed E-state index contributed by atoms with van der Waals surface area (Å²) >= 11 is 7.68. The minimum absolute atomic E-state index is 0.171. The highest BCUT2D eigenvalue weighted by Crippen LogP contribution is 2.37. The van der Waals surface area contributed by atoms with E-state index in [0.717, 1.165) is 16.7 Å². The number of nitrogens with zero attached hydrogens (tertiary/aromatic N) is 3. The van der Waals surface area contributed by atoms with Gasteiger partial charge in [-0.1, -0.05) is 91.4 Å². The van der Waals surface area contributed by atoms with Crippen LogP contribution in [0.2, 0.25) is 5.02 Å². The van der Waals surface area contributed by atoms with E-state index in [0.29, 0.717) is 32.3 Å². The Morgan fingerprint density at radius 3 is 2.52 bits per heavy atom. The lowest BCUT2D eigenvalue weighted by Crippen LogP contribution is -2.40. The smallest absolute Gasteiger partial charge is 0.338 e. The molecule has 0 unspecified atom stereocenters. The Kier molecular flexibility index (Phi) is 9.33. The summed E-state index contributed by atoms with van der Waals surface area (Å²) in [6.45, 7) is 5.94. The number of fused-ring (bicyclic) bond motifs is 1. The Morgan fingerprint density at radius 2 is 1.89 bits per heavy atom. The SMILES string of the molecule is CCOC(=O)C1=C(c2ccccc2)N=c2s/c(=C\c3cc(Cl)c(OCC#N)c(OC)c3)c(=O)n2[C@H]1c1ccc(C(C)C)cc1. The van der Waals surface area contributed by atoms with E-state index in [1.165, 1.54) is 18.4 Å². The first-order chi connectivity index (χ1) is 21.3. The molecule has 0 spiro atoms. The second kappa shape index (κ2) is 13.3. The van der Waals surface area contributed by atoms with E-state index in [9.17, 15) is 9.59 Å². The molecule has 0 bridgehead atoms. The van der Waals surface area contributed by atoms with Crippen molar-refractivity contribution in [1.82, 2.24) is 4.57 Å². The number of esters is 1. The molecule has 1 aliphatic rings. The second-order valence-electron chi connectivity index (χ2n) is 10.2. The van der Waals surface area contributed by atoms with Crippen LogP contribution >= 0.6 is 22.9 Å². The molecule has 1 aromatic heterocycles. The zero-order valence-electron chi connectivity index (χ0n) is 24.7. The Morgan fingerprint density at radius 1 is 1.16 bits per heavy atom. The van der Waals surface area contributed by atoms with Gasteiger partial charge in [-0.05, 0) is 47.7 Å². The molecule has 10 heteroatoms. The maximum Gasteiger partial charge on any atom is 0.338 e. The number of carbonyl (C=O) groups excluding carboxylic acids is 1. The van der Waals surface area contributed by atoms with Gasteiger partial charge in [-0.2, -0.15) is 5.26 Å². The Bertz CT molecular complexity index is 1960. The van der Waals surface area contributed by atoms with E-state index >= 15 is 0 Å². The average molecular weight is 628 g/mol. The molecule has 44 heavy (non-hydrogen) atoms. The number of hydrogen-bond donors (Lipinski definition) is 0. The summed E-state index contributed by atoms with van der Waals surface area (Å²) in [6, 6.07) is 21.8. The third kappa shape index (κ3) is 6.05. The number of nitriles is 1. The van der Waals surface area contributed by atoms with Gasteiger partial charge < -0.3 is 14.2 Å². The van der Waals surface area contributed by atoms with Crippen LogP contribution in [0.3, 0.4) is 0 Å². The minimum Gasteiger partial charge on any atom is -0.493 e. The number of rotatable bonds is 9. The van der Waals surface area contributed by atoms with Gasteiger partial charge in [0.25, 0.3) is 5.56 Å². The molecule has 0 aliphatic carbocycles. The molecular formula is C34H30ClN3O5S. The summed E-state index contributed by atoms with van der Waals surface area (Å²) in [7, 11) is 1.47. The Hall–Kier alpha value is -4.65. The molecule has 1 atom stereocenters. The lowest BCUT2D eigenvalue weighted by atomic mass is 9.91. The normalized spacial score (nSPS) is 14.6. The van der Waals surface area contributed by atoms with Crippen LogP contribution in [0, 0.1) is 11.3 Å². The molecule has 3 aromatic carbocycles. The van der Waals surface area contributed by atoms with Crippen molar-refractivity contribution in [2.24, 2.45) is 4.99 Å². The summed E-state index contributed by atoms with van der Waals surface area (Å²) in [5, 5.41) is 9.15. The molecule has 1 aliphatic heterocycles. The quantitative estimate of drug-likeness (QED) is 0.223. The van der Waals surface area contributed by atoms with Crippen LogP contribution in [0.1, 0.15) is 55.0 Å². The molecule has 0 amide bonds. The van der Waals surface area contributed by atoms with Crippen LogP contribution in [-0.4, -0.2) is 30.9 Å². The van der Waals surface area contributed by atoms with E-state index in [4.69, 9.17) is 36.1 Å². The zero-order valence-corrected chi connectivity index (χ0v) is 26.2. The summed E-state index contributed by atoms with van der Waals surface area (Å²) in [5.41, 5.74) is 3.65. The number of halogens is 1. The summed E-state index contributed by atoms with van der Waals surface area (Å²) in [6.07, 6.45) is 1.70.